The fraction of sp³-hybridized carbons (Fsp3) is 0.222. The molecule has 2 aliphatic heterocycles. The molecular formula is C36H26I2N2O5. The van der Waals surface area contributed by atoms with Crippen molar-refractivity contribution in [3.05, 3.63) is 109 Å². The van der Waals surface area contributed by atoms with Gasteiger partial charge in [-0.1, -0.05) is 42.0 Å². The number of rotatable bonds is 3. The van der Waals surface area contributed by atoms with Crippen LogP contribution in [-0.2, 0) is 19.2 Å². The first kappa shape index (κ1) is 28.9. The van der Waals surface area contributed by atoms with Crippen molar-refractivity contribution in [1.29, 1.82) is 0 Å². The van der Waals surface area contributed by atoms with E-state index < -0.39 is 35.5 Å². The van der Waals surface area contributed by atoms with E-state index in [4.69, 9.17) is 0 Å². The number of hydrogen-bond donors (Lipinski definition) is 1. The number of benzene rings is 4. The van der Waals surface area contributed by atoms with Crippen molar-refractivity contribution in [2.45, 2.75) is 18.8 Å². The summed E-state index contributed by atoms with van der Waals surface area (Å²) in [5.74, 6) is -4.83. The number of nitrogens with zero attached hydrogens (tertiary/aromatic N) is 2. The van der Waals surface area contributed by atoms with Crippen molar-refractivity contribution in [2.75, 3.05) is 9.80 Å². The van der Waals surface area contributed by atoms with E-state index in [1.54, 1.807) is 30.3 Å². The molecule has 45 heavy (non-hydrogen) atoms. The normalized spacial score (nSPS) is 27.5. The lowest BCUT2D eigenvalue weighted by Crippen LogP contribution is -2.43. The Labute approximate surface area is 286 Å². The van der Waals surface area contributed by atoms with Gasteiger partial charge in [0.25, 0.3) is 0 Å². The highest BCUT2D eigenvalue weighted by Gasteiger charge is 2.62. The zero-order valence-electron chi connectivity index (χ0n) is 23.8. The van der Waals surface area contributed by atoms with E-state index in [9.17, 15) is 24.3 Å². The van der Waals surface area contributed by atoms with Gasteiger partial charge < -0.3 is 5.11 Å². The van der Waals surface area contributed by atoms with Crippen LogP contribution in [0.4, 0.5) is 11.4 Å². The molecule has 4 amide bonds. The van der Waals surface area contributed by atoms with Crippen LogP contribution in [0.2, 0.25) is 0 Å². The van der Waals surface area contributed by atoms with Crippen LogP contribution in [0.1, 0.15) is 24.3 Å². The van der Waals surface area contributed by atoms with Gasteiger partial charge >= 0.3 is 0 Å². The summed E-state index contributed by atoms with van der Waals surface area (Å²) < 4.78 is 1.98. The maximum atomic E-state index is 14.4. The number of fused-ring (bicyclic) bond motifs is 5. The largest absolute Gasteiger partial charge is 0.508 e. The Kier molecular flexibility index (Phi) is 6.90. The first-order chi connectivity index (χ1) is 21.7. The van der Waals surface area contributed by atoms with Gasteiger partial charge in [-0.05, 0) is 129 Å². The summed E-state index contributed by atoms with van der Waals surface area (Å²) in [5, 5.41) is 13.2. The van der Waals surface area contributed by atoms with Crippen molar-refractivity contribution in [3.8, 4) is 5.75 Å². The quantitative estimate of drug-likeness (QED) is 0.140. The minimum Gasteiger partial charge on any atom is -0.508 e. The number of carbonyl (C=O) groups is 4. The minimum absolute atomic E-state index is 0.0448. The molecule has 0 radical (unpaired) electrons. The van der Waals surface area contributed by atoms with E-state index in [0.29, 0.717) is 23.4 Å². The highest BCUT2D eigenvalue weighted by atomic mass is 127. The molecule has 4 aliphatic rings. The number of anilines is 2. The van der Waals surface area contributed by atoms with Gasteiger partial charge in [-0.25, -0.2) is 0 Å². The molecule has 7 nitrogen and oxygen atoms in total. The zero-order valence-corrected chi connectivity index (χ0v) is 28.1. The highest BCUT2D eigenvalue weighted by Crippen LogP contribution is 2.60. The summed E-state index contributed by atoms with van der Waals surface area (Å²) in [4.78, 5) is 59.3. The number of phenols is 1. The average Bonchev–Trinajstić information content (AvgIpc) is 3.45. The number of aromatic hydroxyl groups is 1. The maximum Gasteiger partial charge on any atom is 0.238 e. The first-order valence-corrected chi connectivity index (χ1v) is 17.1. The van der Waals surface area contributed by atoms with Crippen molar-refractivity contribution in [3.63, 3.8) is 0 Å². The third kappa shape index (κ3) is 4.33. The van der Waals surface area contributed by atoms with Crippen molar-refractivity contribution >= 4 is 91.0 Å². The Hall–Kier alpha value is -3.58. The number of imide groups is 2. The van der Waals surface area contributed by atoms with E-state index in [1.165, 1.54) is 9.80 Å². The molecule has 6 atom stereocenters. The Bertz CT molecular complexity index is 1970. The molecule has 6 unspecified atom stereocenters. The van der Waals surface area contributed by atoms with Gasteiger partial charge in [0.1, 0.15) is 5.75 Å². The summed E-state index contributed by atoms with van der Waals surface area (Å²) in [5.41, 5.74) is 2.50. The lowest BCUT2D eigenvalue weighted by molar-refractivity contribution is -0.126. The van der Waals surface area contributed by atoms with Crippen molar-refractivity contribution < 1.29 is 24.3 Å². The monoisotopic (exact) mass is 820 g/mol. The molecule has 3 fully saturated rings. The Morgan fingerprint density at radius 3 is 1.84 bits per heavy atom. The number of carbonyl (C=O) groups excluding carboxylic acids is 4. The van der Waals surface area contributed by atoms with Gasteiger partial charge in [0, 0.05) is 18.6 Å². The number of phenolic OH excluding ortho intramolecular Hbond substituents is 1. The predicted molar refractivity (Wildman–Crippen MR) is 186 cm³/mol. The van der Waals surface area contributed by atoms with Crippen LogP contribution in [0.5, 0.6) is 5.75 Å². The zero-order chi connectivity index (χ0) is 31.1. The third-order valence-corrected chi connectivity index (χ3v) is 11.5. The number of halogens is 2. The van der Waals surface area contributed by atoms with Crippen molar-refractivity contribution in [1.82, 2.24) is 0 Å². The number of hydrogen-bond acceptors (Lipinski definition) is 5. The molecule has 9 heteroatoms. The second kappa shape index (κ2) is 10.8. The summed E-state index contributed by atoms with van der Waals surface area (Å²) in [6, 6.07) is 25.8. The summed E-state index contributed by atoms with van der Waals surface area (Å²) >= 11 is 4.37. The lowest BCUT2D eigenvalue weighted by atomic mass is 9.56. The molecule has 1 saturated carbocycles. The van der Waals surface area contributed by atoms with E-state index in [0.717, 1.165) is 23.5 Å². The van der Waals surface area contributed by atoms with Gasteiger partial charge in [0.05, 0.1) is 35.0 Å². The van der Waals surface area contributed by atoms with Gasteiger partial charge in [0.15, 0.2) is 0 Å². The number of allylic oxidation sites excluding steroid dienone is 2. The molecule has 2 heterocycles. The molecule has 0 spiro atoms. The molecule has 2 saturated heterocycles. The second-order valence-electron chi connectivity index (χ2n) is 12.2. The fourth-order valence-electron chi connectivity index (χ4n) is 8.21. The molecular weight excluding hydrogens is 794 g/mol. The topological polar surface area (TPSA) is 95.0 Å². The molecule has 2 aliphatic carbocycles. The SMILES string of the molecule is O=C1C2CC=C3C(CC4C(=O)N(c5ccc(I)cc5)C(=O)C4C3c3c(O)ccc4ccccc34)C2C(=O)N1c1ccc(I)cc1. The Morgan fingerprint density at radius 2 is 1.20 bits per heavy atom. The lowest BCUT2D eigenvalue weighted by Gasteiger charge is -2.44. The maximum absolute atomic E-state index is 14.4. The Morgan fingerprint density at radius 1 is 0.622 bits per heavy atom. The van der Waals surface area contributed by atoms with Crippen LogP contribution in [0.15, 0.2) is 96.6 Å². The summed E-state index contributed by atoms with van der Waals surface area (Å²) in [7, 11) is 0. The Balaban J connectivity index is 1.29. The van der Waals surface area contributed by atoms with E-state index >= 15 is 0 Å². The van der Waals surface area contributed by atoms with Crippen LogP contribution < -0.4 is 9.80 Å². The molecule has 0 aromatic heterocycles. The van der Waals surface area contributed by atoms with Crippen LogP contribution in [0.25, 0.3) is 10.8 Å². The molecule has 224 valence electrons. The van der Waals surface area contributed by atoms with Crippen LogP contribution in [0, 0.1) is 36.7 Å². The second-order valence-corrected chi connectivity index (χ2v) is 14.7. The van der Waals surface area contributed by atoms with Gasteiger partial charge in [-0.3, -0.25) is 29.0 Å². The highest BCUT2D eigenvalue weighted by molar-refractivity contribution is 14.1. The van der Waals surface area contributed by atoms with Gasteiger partial charge in [-0.15, -0.1) is 0 Å². The van der Waals surface area contributed by atoms with E-state index in [1.807, 2.05) is 60.7 Å². The third-order valence-electron chi connectivity index (χ3n) is 10.1. The van der Waals surface area contributed by atoms with E-state index in [2.05, 4.69) is 45.2 Å². The van der Waals surface area contributed by atoms with Gasteiger partial charge in [0.2, 0.25) is 23.6 Å². The molecule has 4 aromatic rings. The molecule has 8 rings (SSSR count). The van der Waals surface area contributed by atoms with Crippen LogP contribution in [0.3, 0.4) is 0 Å². The number of amides is 4. The van der Waals surface area contributed by atoms with Crippen molar-refractivity contribution in [2.24, 2.45) is 29.6 Å². The summed E-state index contributed by atoms with van der Waals surface area (Å²) in [6.45, 7) is 0. The van der Waals surface area contributed by atoms with Crippen LogP contribution in [-0.4, -0.2) is 28.7 Å². The first-order valence-electron chi connectivity index (χ1n) is 14.9. The smallest absolute Gasteiger partial charge is 0.238 e. The predicted octanol–water partition coefficient (Wildman–Crippen LogP) is 6.80. The van der Waals surface area contributed by atoms with E-state index in [-0.39, 0.29) is 35.8 Å². The fourth-order valence-corrected chi connectivity index (χ4v) is 8.93. The molecule has 4 aromatic carbocycles. The minimum atomic E-state index is -0.757. The standard InChI is InChI=1S/C36H26I2N2O5/c37-19-6-10-21(11-7-19)39-33(42)25-15-14-24-26(29(25)35(39)44)17-27-32(36(45)40(34(27)43)22-12-8-20(38)9-13-22)31(24)30-23-4-2-1-3-18(23)5-16-28(30)41/h1-14,16,25-27,29,31-32,41H,15,17H2. The molecule has 1 N–H and O–H groups in total. The molecule has 0 bridgehead atoms. The average molecular weight is 820 g/mol. The summed E-state index contributed by atoms with van der Waals surface area (Å²) in [6.07, 6.45) is 2.65. The van der Waals surface area contributed by atoms with Crippen LogP contribution >= 0.6 is 45.2 Å². The van der Waals surface area contributed by atoms with Gasteiger partial charge in [-0.2, -0.15) is 0 Å².